The predicted octanol–water partition coefficient (Wildman–Crippen LogP) is 5.91. The summed E-state index contributed by atoms with van der Waals surface area (Å²) in [7, 11) is -0.500. The van der Waals surface area contributed by atoms with E-state index in [0.29, 0.717) is 0 Å². The van der Waals surface area contributed by atoms with Crippen LogP contribution in [-0.4, -0.2) is 34.8 Å². The number of aromatic nitrogens is 1. The van der Waals surface area contributed by atoms with E-state index >= 15 is 0 Å². The minimum atomic E-state index is -0.500. The molecule has 0 bridgehead atoms. The Balaban J connectivity index is 1.63. The minimum absolute atomic E-state index is 0.204. The van der Waals surface area contributed by atoms with Gasteiger partial charge in [-0.2, -0.15) is 0 Å². The summed E-state index contributed by atoms with van der Waals surface area (Å²) in [6.07, 6.45) is 0. The molecule has 180 valence electrons. The van der Waals surface area contributed by atoms with Crippen LogP contribution in [0.1, 0.15) is 49.6 Å². The Labute approximate surface area is 209 Å². The van der Waals surface area contributed by atoms with E-state index in [4.69, 9.17) is 9.31 Å². The standard InChI is InChI=1S/C27H29BN2O4S/c1-17-11-12-20-22(13-17)29-25(18-9-7-6-8-10-18)24(20)21(15-30(31)32)23-14-19(16-35-23)28-33-26(2,3)27(4,5)34-28/h6-14,16,21,29H,15H2,1-5H3. The van der Waals surface area contributed by atoms with Gasteiger partial charge in [0.25, 0.3) is 0 Å². The number of hydrogen-bond acceptors (Lipinski definition) is 5. The van der Waals surface area contributed by atoms with Crippen LogP contribution in [0.15, 0.2) is 60.0 Å². The van der Waals surface area contributed by atoms with Gasteiger partial charge in [0.15, 0.2) is 0 Å². The van der Waals surface area contributed by atoms with E-state index in [0.717, 1.165) is 43.6 Å². The molecule has 35 heavy (non-hydrogen) atoms. The van der Waals surface area contributed by atoms with Crippen molar-refractivity contribution in [3.63, 3.8) is 0 Å². The molecule has 0 amide bonds. The number of nitrogens with zero attached hydrogens (tertiary/aromatic N) is 1. The van der Waals surface area contributed by atoms with Crippen molar-refractivity contribution in [2.75, 3.05) is 6.54 Å². The number of benzene rings is 2. The lowest BCUT2D eigenvalue weighted by Crippen LogP contribution is -2.41. The summed E-state index contributed by atoms with van der Waals surface area (Å²) in [5.74, 6) is -0.419. The number of H-pyrrole nitrogens is 1. The van der Waals surface area contributed by atoms with Crippen LogP contribution in [0.2, 0.25) is 0 Å². The zero-order chi connectivity index (χ0) is 25.0. The molecule has 0 saturated carbocycles. The minimum Gasteiger partial charge on any atom is -0.399 e. The molecule has 1 N–H and O–H groups in total. The number of aromatic amines is 1. The van der Waals surface area contributed by atoms with E-state index in [1.807, 2.05) is 76.4 Å². The van der Waals surface area contributed by atoms with Crippen molar-refractivity contribution in [1.82, 2.24) is 4.98 Å². The molecule has 0 aliphatic carbocycles. The highest BCUT2D eigenvalue weighted by Crippen LogP contribution is 2.41. The first kappa shape index (κ1) is 23.8. The van der Waals surface area contributed by atoms with Crippen LogP contribution in [-0.2, 0) is 9.31 Å². The molecule has 2 aromatic carbocycles. The summed E-state index contributed by atoms with van der Waals surface area (Å²) >= 11 is 1.52. The van der Waals surface area contributed by atoms with Crippen LogP contribution < -0.4 is 5.46 Å². The summed E-state index contributed by atoms with van der Waals surface area (Å²) in [4.78, 5) is 16.2. The van der Waals surface area contributed by atoms with Gasteiger partial charge in [-0.3, -0.25) is 10.1 Å². The van der Waals surface area contributed by atoms with Crippen molar-refractivity contribution in [2.45, 2.75) is 51.7 Å². The van der Waals surface area contributed by atoms with Crippen LogP contribution in [0.5, 0.6) is 0 Å². The molecule has 1 aliphatic heterocycles. The highest BCUT2D eigenvalue weighted by molar-refractivity contribution is 7.11. The monoisotopic (exact) mass is 488 g/mol. The van der Waals surface area contributed by atoms with E-state index < -0.39 is 24.2 Å². The van der Waals surface area contributed by atoms with Crippen LogP contribution >= 0.6 is 11.3 Å². The zero-order valence-corrected chi connectivity index (χ0v) is 21.4. The van der Waals surface area contributed by atoms with E-state index in [1.54, 1.807) is 0 Å². The van der Waals surface area contributed by atoms with Crippen molar-refractivity contribution in [3.05, 3.63) is 86.1 Å². The highest BCUT2D eigenvalue weighted by atomic mass is 32.1. The largest absolute Gasteiger partial charge is 0.495 e. The topological polar surface area (TPSA) is 77.4 Å². The molecule has 1 fully saturated rings. The van der Waals surface area contributed by atoms with Gasteiger partial charge in [0, 0.05) is 26.3 Å². The third-order valence-corrected chi connectivity index (χ3v) is 8.31. The molecule has 5 rings (SSSR count). The summed E-state index contributed by atoms with van der Waals surface area (Å²) in [6.45, 7) is 9.94. The number of thiophene rings is 1. The molecule has 8 heteroatoms. The molecule has 2 aromatic heterocycles. The average molecular weight is 488 g/mol. The molecule has 4 aromatic rings. The fraction of sp³-hybridized carbons (Fsp3) is 0.333. The van der Waals surface area contributed by atoms with Gasteiger partial charge in [-0.15, -0.1) is 11.3 Å². The van der Waals surface area contributed by atoms with Crippen LogP contribution in [0, 0.1) is 17.0 Å². The normalized spacial score (nSPS) is 17.7. The third-order valence-electron chi connectivity index (χ3n) is 7.25. The smallest absolute Gasteiger partial charge is 0.399 e. The predicted molar refractivity (Wildman–Crippen MR) is 142 cm³/mol. The SMILES string of the molecule is Cc1ccc2c(C(C[N+](=O)[O-])c3cc(B4OC(C)(C)C(C)(C)O4)cs3)c(-c3ccccc3)[nH]c2c1. The molecule has 6 nitrogen and oxygen atoms in total. The van der Waals surface area contributed by atoms with Gasteiger partial charge >= 0.3 is 7.12 Å². The van der Waals surface area contributed by atoms with Crippen LogP contribution in [0.4, 0.5) is 0 Å². The summed E-state index contributed by atoms with van der Waals surface area (Å²) in [5, 5.41) is 14.9. The van der Waals surface area contributed by atoms with Crippen molar-refractivity contribution in [2.24, 2.45) is 0 Å². The number of hydrogen-bond donors (Lipinski definition) is 1. The molecule has 1 atom stereocenters. The number of rotatable bonds is 6. The molecule has 1 saturated heterocycles. The lowest BCUT2D eigenvalue weighted by atomic mass is 9.80. The first-order valence-corrected chi connectivity index (χ1v) is 12.7. The number of aryl methyl sites for hydroxylation is 1. The quantitative estimate of drug-likeness (QED) is 0.208. The first-order valence-electron chi connectivity index (χ1n) is 11.8. The first-order chi connectivity index (χ1) is 16.6. The number of fused-ring (bicyclic) bond motifs is 1. The van der Waals surface area contributed by atoms with E-state index in [9.17, 15) is 10.1 Å². The Kier molecular flexibility index (Phi) is 5.86. The maximum absolute atomic E-state index is 11.9. The second kappa shape index (κ2) is 8.62. The van der Waals surface area contributed by atoms with Gasteiger partial charge in [-0.05, 0) is 68.7 Å². The average Bonchev–Trinajstić information content (AvgIpc) is 3.47. The van der Waals surface area contributed by atoms with Crippen LogP contribution in [0.3, 0.4) is 0 Å². The van der Waals surface area contributed by atoms with Gasteiger partial charge < -0.3 is 14.3 Å². The molecular weight excluding hydrogens is 459 g/mol. The lowest BCUT2D eigenvalue weighted by Gasteiger charge is -2.32. The van der Waals surface area contributed by atoms with Gasteiger partial charge in [0.1, 0.15) is 0 Å². The van der Waals surface area contributed by atoms with Gasteiger partial charge in [0.05, 0.1) is 22.8 Å². The molecule has 1 aliphatic rings. The maximum atomic E-state index is 11.9. The van der Waals surface area contributed by atoms with Crippen LogP contribution in [0.25, 0.3) is 22.2 Å². The van der Waals surface area contributed by atoms with Gasteiger partial charge in [-0.1, -0.05) is 42.5 Å². The van der Waals surface area contributed by atoms with Crippen molar-refractivity contribution in [1.29, 1.82) is 0 Å². The number of nitro groups is 1. The third kappa shape index (κ3) is 4.31. The molecule has 3 heterocycles. The zero-order valence-electron chi connectivity index (χ0n) is 20.6. The summed E-state index contributed by atoms with van der Waals surface area (Å²) < 4.78 is 12.5. The fourth-order valence-corrected chi connectivity index (χ4v) is 5.67. The van der Waals surface area contributed by atoms with Crippen molar-refractivity contribution >= 4 is 34.8 Å². The molecule has 0 spiro atoms. The second-order valence-electron chi connectivity index (χ2n) is 10.3. The molecule has 1 unspecified atom stereocenters. The maximum Gasteiger partial charge on any atom is 0.495 e. The number of nitrogens with one attached hydrogen (secondary N) is 1. The Morgan fingerprint density at radius 1 is 1.06 bits per heavy atom. The van der Waals surface area contributed by atoms with E-state index in [1.165, 1.54) is 11.3 Å². The Bertz CT molecular complexity index is 1380. The van der Waals surface area contributed by atoms with Gasteiger partial charge in [0.2, 0.25) is 6.54 Å². The Morgan fingerprint density at radius 3 is 2.40 bits per heavy atom. The van der Waals surface area contributed by atoms with Crippen molar-refractivity contribution < 1.29 is 14.2 Å². The Hall–Kier alpha value is -2.94. The van der Waals surface area contributed by atoms with E-state index in [2.05, 4.69) is 23.2 Å². The fourth-order valence-electron chi connectivity index (χ4n) is 4.65. The lowest BCUT2D eigenvalue weighted by molar-refractivity contribution is -0.481. The van der Waals surface area contributed by atoms with Gasteiger partial charge in [-0.25, -0.2) is 0 Å². The summed E-state index contributed by atoms with van der Waals surface area (Å²) in [6, 6.07) is 18.3. The van der Waals surface area contributed by atoms with Crippen molar-refractivity contribution in [3.8, 4) is 11.3 Å². The highest BCUT2D eigenvalue weighted by Gasteiger charge is 2.52. The molecular formula is C27H29BN2O4S. The van der Waals surface area contributed by atoms with E-state index in [-0.39, 0.29) is 11.5 Å². The summed E-state index contributed by atoms with van der Waals surface area (Å²) in [5.41, 5.74) is 4.99. The second-order valence-corrected chi connectivity index (χ2v) is 11.2. The molecule has 0 radical (unpaired) electrons. The Morgan fingerprint density at radius 2 is 1.74 bits per heavy atom.